The van der Waals surface area contributed by atoms with Crippen molar-refractivity contribution in [3.63, 3.8) is 0 Å². The van der Waals surface area contributed by atoms with Crippen LogP contribution in [0.15, 0.2) is 36.7 Å². The third-order valence-corrected chi connectivity index (χ3v) is 5.75. The molecule has 1 atom stereocenters. The summed E-state index contributed by atoms with van der Waals surface area (Å²) in [4.78, 5) is 20.6. The Bertz CT molecular complexity index is 930. The number of para-hydroxylation sites is 2. The third-order valence-electron chi connectivity index (χ3n) is 3.98. The Morgan fingerprint density at radius 1 is 1.26 bits per heavy atom. The Morgan fingerprint density at radius 3 is 2.74 bits per heavy atom. The van der Waals surface area contributed by atoms with E-state index in [1.54, 1.807) is 18.2 Å². The lowest BCUT2D eigenvalue weighted by Crippen LogP contribution is -2.22. The lowest BCUT2D eigenvalue weighted by atomic mass is 10.2. The molecule has 1 unspecified atom stereocenters. The Balaban J connectivity index is 1.71. The van der Waals surface area contributed by atoms with E-state index in [1.165, 1.54) is 12.4 Å². The highest BCUT2D eigenvalue weighted by Gasteiger charge is 2.28. The molecule has 27 heavy (non-hydrogen) atoms. The molecule has 1 aromatic carbocycles. The van der Waals surface area contributed by atoms with Crippen molar-refractivity contribution in [2.75, 3.05) is 22.1 Å². The summed E-state index contributed by atoms with van der Waals surface area (Å²) in [6.07, 6.45) is 1.77. The normalized spacial score (nSPS) is 18.3. The molecule has 144 valence electrons. The molecule has 0 aliphatic carbocycles. The zero-order valence-electron chi connectivity index (χ0n) is 15.2. The fourth-order valence-corrected chi connectivity index (χ4v) is 4.46. The van der Waals surface area contributed by atoms with E-state index in [-0.39, 0.29) is 29.3 Å². The number of rotatable bonds is 6. The Morgan fingerprint density at radius 2 is 2.04 bits per heavy atom. The second-order valence-corrected chi connectivity index (χ2v) is 8.88. The van der Waals surface area contributed by atoms with Crippen molar-refractivity contribution in [2.24, 2.45) is 0 Å². The van der Waals surface area contributed by atoms with Gasteiger partial charge in [0.1, 0.15) is 23.6 Å². The predicted octanol–water partition coefficient (Wildman–Crippen LogP) is 2.12. The van der Waals surface area contributed by atoms with E-state index in [1.807, 2.05) is 19.9 Å². The molecule has 2 N–H and O–H groups in total. The van der Waals surface area contributed by atoms with Crippen LogP contribution in [0.4, 0.5) is 11.5 Å². The Kier molecular flexibility index (Phi) is 5.59. The molecular formula is C18H22N4O4S. The van der Waals surface area contributed by atoms with E-state index in [0.717, 1.165) is 0 Å². The van der Waals surface area contributed by atoms with Gasteiger partial charge in [0.2, 0.25) is 0 Å². The van der Waals surface area contributed by atoms with Crippen LogP contribution in [0.1, 0.15) is 30.8 Å². The first-order chi connectivity index (χ1) is 12.8. The van der Waals surface area contributed by atoms with Gasteiger partial charge in [-0.15, -0.1) is 0 Å². The molecule has 0 saturated carbocycles. The lowest BCUT2D eigenvalue weighted by molar-refractivity contribution is 0.102. The zero-order chi connectivity index (χ0) is 19.4. The molecule has 0 radical (unpaired) electrons. The van der Waals surface area contributed by atoms with Crippen LogP contribution in [0.2, 0.25) is 0 Å². The summed E-state index contributed by atoms with van der Waals surface area (Å²) in [6.45, 7) is 3.81. The molecule has 1 fully saturated rings. The minimum atomic E-state index is -3.00. The minimum Gasteiger partial charge on any atom is -0.489 e. The number of anilines is 2. The van der Waals surface area contributed by atoms with Gasteiger partial charge in [0.25, 0.3) is 5.91 Å². The fraction of sp³-hybridized carbons (Fsp3) is 0.389. The molecule has 0 bridgehead atoms. The van der Waals surface area contributed by atoms with E-state index in [0.29, 0.717) is 23.7 Å². The number of nitrogens with zero attached hydrogens (tertiary/aromatic N) is 2. The molecular weight excluding hydrogens is 368 g/mol. The van der Waals surface area contributed by atoms with Gasteiger partial charge in [0.15, 0.2) is 9.84 Å². The molecule has 1 aliphatic heterocycles. The van der Waals surface area contributed by atoms with Crippen LogP contribution in [0.3, 0.4) is 0 Å². The van der Waals surface area contributed by atoms with Crippen LogP contribution in [-0.4, -0.2) is 47.9 Å². The molecule has 2 aromatic rings. The molecule has 1 saturated heterocycles. The molecule has 8 nitrogen and oxygen atoms in total. The first kappa shape index (κ1) is 19.1. The van der Waals surface area contributed by atoms with Gasteiger partial charge >= 0.3 is 0 Å². The summed E-state index contributed by atoms with van der Waals surface area (Å²) in [7, 11) is -3.00. The largest absolute Gasteiger partial charge is 0.489 e. The van der Waals surface area contributed by atoms with E-state index in [4.69, 9.17) is 4.74 Å². The number of carbonyl (C=O) groups excluding carboxylic acids is 1. The standard InChI is InChI=1S/C18H22N4O4S/c1-12(2)26-16-6-4-3-5-14(16)22-18(23)15-9-17(20-11-19-15)21-13-7-8-27(24,25)10-13/h3-6,9,11-13H,7-8,10H2,1-2H3,(H,22,23)(H,19,20,21). The highest BCUT2D eigenvalue weighted by molar-refractivity contribution is 7.91. The second-order valence-electron chi connectivity index (χ2n) is 6.65. The van der Waals surface area contributed by atoms with Gasteiger partial charge in [-0.25, -0.2) is 18.4 Å². The lowest BCUT2D eigenvalue weighted by Gasteiger charge is -2.15. The minimum absolute atomic E-state index is 0.0272. The van der Waals surface area contributed by atoms with Crippen molar-refractivity contribution in [2.45, 2.75) is 32.4 Å². The van der Waals surface area contributed by atoms with Gasteiger partial charge in [0, 0.05) is 12.1 Å². The maximum absolute atomic E-state index is 12.6. The topological polar surface area (TPSA) is 110 Å². The number of amides is 1. The molecule has 3 rings (SSSR count). The summed E-state index contributed by atoms with van der Waals surface area (Å²) in [5.41, 5.74) is 0.721. The van der Waals surface area contributed by atoms with Gasteiger partial charge in [-0.2, -0.15) is 0 Å². The van der Waals surface area contributed by atoms with Crippen molar-refractivity contribution < 1.29 is 17.9 Å². The summed E-state index contributed by atoms with van der Waals surface area (Å²) >= 11 is 0. The molecule has 2 heterocycles. The highest BCUT2D eigenvalue weighted by atomic mass is 32.2. The van der Waals surface area contributed by atoms with Crippen molar-refractivity contribution in [3.8, 4) is 5.75 Å². The zero-order valence-corrected chi connectivity index (χ0v) is 16.0. The summed E-state index contributed by atoms with van der Waals surface area (Å²) in [5, 5.41) is 5.85. The predicted molar refractivity (Wildman–Crippen MR) is 103 cm³/mol. The van der Waals surface area contributed by atoms with Crippen LogP contribution in [0, 0.1) is 0 Å². The Hall–Kier alpha value is -2.68. The maximum atomic E-state index is 12.6. The number of hydrogen-bond donors (Lipinski definition) is 2. The number of sulfone groups is 1. The smallest absolute Gasteiger partial charge is 0.274 e. The summed E-state index contributed by atoms with van der Waals surface area (Å²) < 4.78 is 28.8. The van der Waals surface area contributed by atoms with E-state index in [9.17, 15) is 13.2 Å². The SMILES string of the molecule is CC(C)Oc1ccccc1NC(=O)c1cc(NC2CCS(=O)(=O)C2)ncn1. The van der Waals surface area contributed by atoms with Crippen molar-refractivity contribution in [1.82, 2.24) is 9.97 Å². The van der Waals surface area contributed by atoms with E-state index in [2.05, 4.69) is 20.6 Å². The summed E-state index contributed by atoms with van der Waals surface area (Å²) in [5.74, 6) is 0.821. The monoisotopic (exact) mass is 390 g/mol. The Labute approximate surface area is 158 Å². The van der Waals surface area contributed by atoms with Gasteiger partial charge < -0.3 is 15.4 Å². The number of carbonyl (C=O) groups is 1. The fourth-order valence-electron chi connectivity index (χ4n) is 2.79. The van der Waals surface area contributed by atoms with Crippen molar-refractivity contribution in [3.05, 3.63) is 42.4 Å². The van der Waals surface area contributed by atoms with E-state index < -0.39 is 15.7 Å². The maximum Gasteiger partial charge on any atom is 0.274 e. The van der Waals surface area contributed by atoms with Crippen LogP contribution in [-0.2, 0) is 9.84 Å². The molecule has 1 amide bonds. The third kappa shape index (κ3) is 5.16. The van der Waals surface area contributed by atoms with Crippen LogP contribution in [0.5, 0.6) is 5.75 Å². The highest BCUT2D eigenvalue weighted by Crippen LogP contribution is 2.25. The van der Waals surface area contributed by atoms with Crippen LogP contribution in [0.25, 0.3) is 0 Å². The summed E-state index contributed by atoms with van der Waals surface area (Å²) in [6, 6.07) is 8.46. The van der Waals surface area contributed by atoms with E-state index >= 15 is 0 Å². The molecule has 9 heteroatoms. The number of nitrogens with one attached hydrogen (secondary N) is 2. The number of aromatic nitrogens is 2. The number of hydrogen-bond acceptors (Lipinski definition) is 7. The van der Waals surface area contributed by atoms with Gasteiger partial charge in [-0.1, -0.05) is 12.1 Å². The van der Waals surface area contributed by atoms with Crippen molar-refractivity contribution >= 4 is 27.2 Å². The first-order valence-electron chi connectivity index (χ1n) is 8.68. The van der Waals surface area contributed by atoms with Gasteiger partial charge in [-0.05, 0) is 32.4 Å². The molecule has 1 aromatic heterocycles. The number of benzene rings is 1. The van der Waals surface area contributed by atoms with Crippen molar-refractivity contribution in [1.29, 1.82) is 0 Å². The van der Waals surface area contributed by atoms with Gasteiger partial charge in [0.05, 0.1) is 23.3 Å². The number of ether oxygens (including phenoxy) is 1. The average molecular weight is 390 g/mol. The van der Waals surface area contributed by atoms with Crippen LogP contribution < -0.4 is 15.4 Å². The second kappa shape index (κ2) is 7.91. The average Bonchev–Trinajstić information content (AvgIpc) is 2.95. The van der Waals surface area contributed by atoms with Gasteiger partial charge in [-0.3, -0.25) is 4.79 Å². The van der Waals surface area contributed by atoms with Crippen LogP contribution >= 0.6 is 0 Å². The molecule has 0 spiro atoms. The molecule has 1 aliphatic rings. The quantitative estimate of drug-likeness (QED) is 0.777. The first-order valence-corrected chi connectivity index (χ1v) is 10.5.